The zero-order valence-electron chi connectivity index (χ0n) is 13.6. The monoisotopic (exact) mass is 360 g/mol. The number of fused-ring (bicyclic) bond motifs is 1. The van der Waals surface area contributed by atoms with E-state index in [-0.39, 0.29) is 10.8 Å². The van der Waals surface area contributed by atoms with E-state index in [1.54, 1.807) is 29.9 Å². The maximum atomic E-state index is 13.1. The minimum absolute atomic E-state index is 0.135. The SMILES string of the molecule is COc1ccccc1-n1c(SC(C)C)nc2cc(Cl)ccc2c1=O. The van der Waals surface area contributed by atoms with Crippen molar-refractivity contribution in [1.82, 2.24) is 9.55 Å². The quantitative estimate of drug-likeness (QED) is 0.505. The maximum absolute atomic E-state index is 13.1. The maximum Gasteiger partial charge on any atom is 0.266 e. The highest BCUT2D eigenvalue weighted by atomic mass is 35.5. The molecule has 0 aliphatic rings. The van der Waals surface area contributed by atoms with Crippen molar-refractivity contribution in [3.63, 3.8) is 0 Å². The molecule has 24 heavy (non-hydrogen) atoms. The van der Waals surface area contributed by atoms with Gasteiger partial charge in [-0.05, 0) is 30.3 Å². The van der Waals surface area contributed by atoms with Crippen molar-refractivity contribution in [2.24, 2.45) is 0 Å². The van der Waals surface area contributed by atoms with E-state index in [0.29, 0.717) is 32.5 Å². The normalized spacial score (nSPS) is 11.2. The molecular weight excluding hydrogens is 344 g/mol. The number of benzene rings is 2. The number of halogens is 1. The number of ether oxygens (including phenoxy) is 1. The summed E-state index contributed by atoms with van der Waals surface area (Å²) >= 11 is 7.59. The van der Waals surface area contributed by atoms with E-state index in [2.05, 4.69) is 18.8 Å². The van der Waals surface area contributed by atoms with Crippen LogP contribution in [-0.2, 0) is 0 Å². The van der Waals surface area contributed by atoms with E-state index in [4.69, 9.17) is 16.3 Å². The zero-order valence-corrected chi connectivity index (χ0v) is 15.2. The molecule has 0 saturated heterocycles. The van der Waals surface area contributed by atoms with E-state index in [1.807, 2.05) is 24.3 Å². The van der Waals surface area contributed by atoms with Crippen LogP contribution in [0.15, 0.2) is 52.4 Å². The first-order chi connectivity index (χ1) is 11.5. The van der Waals surface area contributed by atoms with Crippen molar-refractivity contribution in [2.45, 2.75) is 24.3 Å². The van der Waals surface area contributed by atoms with Crippen LogP contribution in [0.5, 0.6) is 5.75 Å². The van der Waals surface area contributed by atoms with Crippen molar-refractivity contribution in [2.75, 3.05) is 7.11 Å². The molecule has 0 aliphatic carbocycles. The molecule has 0 amide bonds. The number of rotatable bonds is 4. The van der Waals surface area contributed by atoms with Crippen LogP contribution in [0.1, 0.15) is 13.8 Å². The van der Waals surface area contributed by atoms with Crippen molar-refractivity contribution in [3.8, 4) is 11.4 Å². The van der Waals surface area contributed by atoms with Crippen molar-refractivity contribution in [1.29, 1.82) is 0 Å². The minimum Gasteiger partial charge on any atom is -0.495 e. The second-order valence-electron chi connectivity index (χ2n) is 5.53. The summed E-state index contributed by atoms with van der Waals surface area (Å²) in [5, 5.41) is 1.98. The molecule has 0 unspecified atom stereocenters. The van der Waals surface area contributed by atoms with Crippen LogP contribution in [0.2, 0.25) is 5.02 Å². The molecule has 0 saturated carbocycles. The lowest BCUT2D eigenvalue weighted by Crippen LogP contribution is -2.22. The molecule has 2 aromatic carbocycles. The molecule has 3 rings (SSSR count). The van der Waals surface area contributed by atoms with Crippen molar-refractivity contribution in [3.05, 3.63) is 57.8 Å². The zero-order chi connectivity index (χ0) is 17.3. The fourth-order valence-corrected chi connectivity index (χ4v) is 3.48. The van der Waals surface area contributed by atoms with E-state index >= 15 is 0 Å². The molecule has 0 spiro atoms. The number of thioether (sulfide) groups is 1. The highest BCUT2D eigenvalue weighted by molar-refractivity contribution is 7.99. The fraction of sp³-hybridized carbons (Fsp3) is 0.222. The standard InChI is InChI=1S/C18H17ClN2O2S/c1-11(2)24-18-20-14-10-12(19)8-9-13(14)17(22)21(18)15-6-4-5-7-16(15)23-3/h4-11H,1-3H3. The summed E-state index contributed by atoms with van der Waals surface area (Å²) in [5.74, 6) is 0.625. The van der Waals surface area contributed by atoms with Crippen LogP contribution in [-0.4, -0.2) is 21.9 Å². The Bertz CT molecular complexity index is 953. The van der Waals surface area contributed by atoms with Gasteiger partial charge in [0.2, 0.25) is 0 Å². The van der Waals surface area contributed by atoms with Crippen LogP contribution in [0.25, 0.3) is 16.6 Å². The van der Waals surface area contributed by atoms with E-state index < -0.39 is 0 Å². The molecule has 3 aromatic rings. The summed E-state index contributed by atoms with van der Waals surface area (Å²) in [4.78, 5) is 17.8. The molecule has 124 valence electrons. The van der Waals surface area contributed by atoms with Gasteiger partial charge in [0.05, 0.1) is 23.7 Å². The molecule has 0 atom stereocenters. The van der Waals surface area contributed by atoms with Gasteiger partial charge in [0.1, 0.15) is 5.75 Å². The molecule has 0 radical (unpaired) electrons. The number of hydrogen-bond acceptors (Lipinski definition) is 4. The smallest absolute Gasteiger partial charge is 0.266 e. The summed E-state index contributed by atoms with van der Waals surface area (Å²) in [6, 6.07) is 12.6. The van der Waals surface area contributed by atoms with Gasteiger partial charge in [-0.15, -0.1) is 0 Å². The highest BCUT2D eigenvalue weighted by Gasteiger charge is 2.17. The summed E-state index contributed by atoms with van der Waals surface area (Å²) in [5.41, 5.74) is 1.14. The van der Waals surface area contributed by atoms with E-state index in [0.717, 1.165) is 0 Å². The van der Waals surface area contributed by atoms with Gasteiger partial charge in [0.25, 0.3) is 5.56 Å². The molecule has 0 aliphatic heterocycles. The van der Waals surface area contributed by atoms with Crippen molar-refractivity contribution < 1.29 is 4.74 Å². The molecule has 1 heterocycles. The second-order valence-corrected chi connectivity index (χ2v) is 7.51. The Kier molecular flexibility index (Phi) is 4.83. The number of aromatic nitrogens is 2. The average Bonchev–Trinajstić information content (AvgIpc) is 2.54. The molecule has 0 N–H and O–H groups in total. The van der Waals surface area contributed by atoms with E-state index in [9.17, 15) is 4.79 Å². The van der Waals surface area contributed by atoms with Crippen LogP contribution in [0, 0.1) is 0 Å². The number of hydrogen-bond donors (Lipinski definition) is 0. The Morgan fingerprint density at radius 3 is 2.67 bits per heavy atom. The first-order valence-corrected chi connectivity index (χ1v) is 8.79. The summed E-state index contributed by atoms with van der Waals surface area (Å²) in [6.07, 6.45) is 0. The van der Waals surface area contributed by atoms with Crippen LogP contribution >= 0.6 is 23.4 Å². The van der Waals surface area contributed by atoms with Crippen LogP contribution in [0.3, 0.4) is 0 Å². The second kappa shape index (κ2) is 6.87. The molecule has 4 nitrogen and oxygen atoms in total. The molecule has 6 heteroatoms. The Labute approximate surface area is 149 Å². The number of methoxy groups -OCH3 is 1. The first-order valence-electron chi connectivity index (χ1n) is 7.53. The Morgan fingerprint density at radius 2 is 1.96 bits per heavy atom. The van der Waals surface area contributed by atoms with Gasteiger partial charge in [-0.2, -0.15) is 0 Å². The Balaban J connectivity index is 2.38. The van der Waals surface area contributed by atoms with Crippen LogP contribution < -0.4 is 10.3 Å². The molecule has 0 fully saturated rings. The van der Waals surface area contributed by atoms with Gasteiger partial charge in [-0.1, -0.05) is 49.3 Å². The summed E-state index contributed by atoms with van der Waals surface area (Å²) in [6.45, 7) is 4.12. The molecule has 0 bridgehead atoms. The largest absolute Gasteiger partial charge is 0.495 e. The first kappa shape index (κ1) is 16.9. The predicted octanol–water partition coefficient (Wildman–Crippen LogP) is 4.55. The minimum atomic E-state index is -0.135. The van der Waals surface area contributed by atoms with Gasteiger partial charge in [0.15, 0.2) is 5.16 Å². The third-order valence-corrected chi connectivity index (χ3v) is 4.66. The van der Waals surface area contributed by atoms with E-state index in [1.165, 1.54) is 11.8 Å². The Morgan fingerprint density at radius 1 is 1.21 bits per heavy atom. The third kappa shape index (κ3) is 3.14. The van der Waals surface area contributed by atoms with Gasteiger partial charge in [-0.3, -0.25) is 9.36 Å². The van der Waals surface area contributed by atoms with Gasteiger partial charge in [0, 0.05) is 10.3 Å². The molecular formula is C18H17ClN2O2S. The topological polar surface area (TPSA) is 44.1 Å². The van der Waals surface area contributed by atoms with Gasteiger partial charge < -0.3 is 4.74 Å². The average molecular weight is 361 g/mol. The van der Waals surface area contributed by atoms with Crippen molar-refractivity contribution >= 4 is 34.3 Å². The van der Waals surface area contributed by atoms with Crippen LogP contribution in [0.4, 0.5) is 0 Å². The lowest BCUT2D eigenvalue weighted by Gasteiger charge is -2.16. The third-order valence-electron chi connectivity index (χ3n) is 3.47. The predicted molar refractivity (Wildman–Crippen MR) is 99.9 cm³/mol. The summed E-state index contributed by atoms with van der Waals surface area (Å²) < 4.78 is 7.04. The van der Waals surface area contributed by atoms with Gasteiger partial charge >= 0.3 is 0 Å². The number of nitrogens with zero attached hydrogens (tertiary/aromatic N) is 2. The fourth-order valence-electron chi connectivity index (χ4n) is 2.46. The Hall–Kier alpha value is -1.98. The summed E-state index contributed by atoms with van der Waals surface area (Å²) in [7, 11) is 1.59. The number of para-hydroxylation sites is 2. The van der Waals surface area contributed by atoms with Gasteiger partial charge in [-0.25, -0.2) is 4.98 Å². The lowest BCUT2D eigenvalue weighted by molar-refractivity contribution is 0.411. The lowest BCUT2D eigenvalue weighted by atomic mass is 10.2. The molecule has 1 aromatic heterocycles. The highest BCUT2D eigenvalue weighted by Crippen LogP contribution is 2.29.